The van der Waals surface area contributed by atoms with Gasteiger partial charge in [-0.25, -0.2) is 4.98 Å². The molecule has 0 aliphatic heterocycles. The smallest absolute Gasteiger partial charge is 0.224 e. The van der Waals surface area contributed by atoms with Crippen molar-refractivity contribution in [1.82, 2.24) is 9.97 Å². The van der Waals surface area contributed by atoms with Crippen molar-refractivity contribution in [3.8, 4) is 0 Å². The maximum Gasteiger partial charge on any atom is 0.224 e. The van der Waals surface area contributed by atoms with Crippen LogP contribution in [0.5, 0.6) is 0 Å². The molecule has 1 heterocycles. The Labute approximate surface area is 100 Å². The fourth-order valence-electron chi connectivity index (χ4n) is 1.27. The minimum atomic E-state index is 0.0958. The molecule has 16 heavy (non-hydrogen) atoms. The van der Waals surface area contributed by atoms with Gasteiger partial charge in [0.15, 0.2) is 5.82 Å². The molecule has 0 aliphatic rings. The molecule has 1 aromatic heterocycles. The molecule has 0 spiro atoms. The van der Waals surface area contributed by atoms with Gasteiger partial charge in [0.25, 0.3) is 0 Å². The number of nitrogens with zero attached hydrogens (tertiary/aromatic N) is 2. The fourth-order valence-corrected chi connectivity index (χ4v) is 1.48. The van der Waals surface area contributed by atoms with Crippen molar-refractivity contribution >= 4 is 23.1 Å². The minimum Gasteiger partial charge on any atom is -0.394 e. The van der Waals surface area contributed by atoms with Crippen LogP contribution in [-0.2, 0) is 4.74 Å². The first kappa shape index (κ1) is 13.0. The van der Waals surface area contributed by atoms with Crippen molar-refractivity contribution in [2.45, 2.75) is 26.9 Å². The second-order valence-electron chi connectivity index (χ2n) is 3.49. The second kappa shape index (κ2) is 5.86. The van der Waals surface area contributed by atoms with E-state index in [1.165, 1.54) is 0 Å². The van der Waals surface area contributed by atoms with E-state index in [1.54, 1.807) is 6.92 Å². The van der Waals surface area contributed by atoms with Crippen molar-refractivity contribution in [2.24, 2.45) is 0 Å². The van der Waals surface area contributed by atoms with Gasteiger partial charge < -0.3 is 15.8 Å². The van der Waals surface area contributed by atoms with Crippen LogP contribution < -0.4 is 11.1 Å². The number of nitrogens with two attached hydrogens (primary N) is 1. The first-order valence-electron chi connectivity index (χ1n) is 5.19. The SMILES string of the molecule is CCOC(C)CNc1nc(Cl)nc(C)c1N. The van der Waals surface area contributed by atoms with E-state index in [2.05, 4.69) is 15.3 Å². The maximum atomic E-state index is 5.82. The summed E-state index contributed by atoms with van der Waals surface area (Å²) in [6.07, 6.45) is 0.0958. The summed E-state index contributed by atoms with van der Waals surface area (Å²) in [6.45, 7) is 7.03. The van der Waals surface area contributed by atoms with Crippen LogP contribution in [0.25, 0.3) is 0 Å². The Hall–Kier alpha value is -1.07. The molecule has 1 atom stereocenters. The lowest BCUT2D eigenvalue weighted by Crippen LogP contribution is -2.21. The van der Waals surface area contributed by atoms with Crippen LogP contribution >= 0.6 is 11.6 Å². The van der Waals surface area contributed by atoms with Crippen molar-refractivity contribution in [1.29, 1.82) is 0 Å². The van der Waals surface area contributed by atoms with E-state index in [0.717, 1.165) is 0 Å². The van der Waals surface area contributed by atoms with E-state index in [9.17, 15) is 0 Å². The molecule has 0 radical (unpaired) electrons. The van der Waals surface area contributed by atoms with Gasteiger partial charge in [-0.3, -0.25) is 0 Å². The van der Waals surface area contributed by atoms with Crippen LogP contribution in [0, 0.1) is 6.92 Å². The number of nitrogen functional groups attached to an aromatic ring is 1. The Kier molecular flexibility index (Phi) is 4.76. The van der Waals surface area contributed by atoms with Gasteiger partial charge in [0, 0.05) is 13.2 Å². The topological polar surface area (TPSA) is 73.1 Å². The highest BCUT2D eigenvalue weighted by Gasteiger charge is 2.08. The second-order valence-corrected chi connectivity index (χ2v) is 3.83. The summed E-state index contributed by atoms with van der Waals surface area (Å²) in [5, 5.41) is 3.29. The van der Waals surface area contributed by atoms with Crippen molar-refractivity contribution in [3.63, 3.8) is 0 Å². The van der Waals surface area contributed by atoms with Gasteiger partial charge in [-0.2, -0.15) is 4.98 Å². The zero-order valence-electron chi connectivity index (χ0n) is 9.75. The van der Waals surface area contributed by atoms with Gasteiger partial charge in [0.05, 0.1) is 17.5 Å². The zero-order chi connectivity index (χ0) is 12.1. The van der Waals surface area contributed by atoms with Gasteiger partial charge in [-0.15, -0.1) is 0 Å². The number of hydrogen-bond acceptors (Lipinski definition) is 5. The van der Waals surface area contributed by atoms with Gasteiger partial charge in [0.2, 0.25) is 5.28 Å². The van der Waals surface area contributed by atoms with Gasteiger partial charge >= 0.3 is 0 Å². The molecule has 0 saturated heterocycles. The third-order valence-corrected chi connectivity index (χ3v) is 2.29. The molecule has 0 bridgehead atoms. The predicted octanol–water partition coefficient (Wildman–Crippen LogP) is 1.86. The molecule has 0 amide bonds. The number of anilines is 2. The molecule has 1 unspecified atom stereocenters. The third-order valence-electron chi connectivity index (χ3n) is 2.12. The van der Waals surface area contributed by atoms with Gasteiger partial charge in [-0.05, 0) is 32.4 Å². The summed E-state index contributed by atoms with van der Waals surface area (Å²) < 4.78 is 5.38. The molecule has 0 aliphatic carbocycles. The van der Waals surface area contributed by atoms with Gasteiger partial charge in [-0.1, -0.05) is 0 Å². The number of nitrogens with one attached hydrogen (secondary N) is 1. The third kappa shape index (κ3) is 3.50. The van der Waals surface area contributed by atoms with Crippen molar-refractivity contribution in [3.05, 3.63) is 11.0 Å². The first-order valence-corrected chi connectivity index (χ1v) is 5.57. The summed E-state index contributed by atoms with van der Waals surface area (Å²) in [4.78, 5) is 7.98. The molecule has 0 saturated carbocycles. The van der Waals surface area contributed by atoms with Gasteiger partial charge in [0.1, 0.15) is 0 Å². The minimum absolute atomic E-state index is 0.0958. The molecule has 5 nitrogen and oxygen atoms in total. The highest BCUT2D eigenvalue weighted by atomic mass is 35.5. The number of aromatic nitrogens is 2. The normalized spacial score (nSPS) is 12.5. The Bertz CT molecular complexity index is 359. The quantitative estimate of drug-likeness (QED) is 0.774. The van der Waals surface area contributed by atoms with E-state index in [0.29, 0.717) is 30.4 Å². The average molecular weight is 245 g/mol. The highest BCUT2D eigenvalue weighted by Crippen LogP contribution is 2.20. The number of aryl methyl sites for hydroxylation is 1. The number of ether oxygens (including phenoxy) is 1. The van der Waals surface area contributed by atoms with E-state index >= 15 is 0 Å². The maximum absolute atomic E-state index is 5.82. The molecule has 1 aromatic rings. The summed E-state index contributed by atoms with van der Waals surface area (Å²) >= 11 is 5.75. The van der Waals surface area contributed by atoms with Crippen molar-refractivity contribution < 1.29 is 4.74 Å². The molecule has 6 heteroatoms. The number of halogens is 1. The molecule has 0 fully saturated rings. The first-order chi connectivity index (χ1) is 7.54. The van der Waals surface area contributed by atoms with E-state index < -0.39 is 0 Å². The molecule has 1 rings (SSSR count). The largest absolute Gasteiger partial charge is 0.394 e. The highest BCUT2D eigenvalue weighted by molar-refractivity contribution is 6.28. The summed E-state index contributed by atoms with van der Waals surface area (Å²) in [5.74, 6) is 0.559. The molecule has 90 valence electrons. The molecule has 0 aromatic carbocycles. The Morgan fingerprint density at radius 3 is 2.81 bits per heavy atom. The number of rotatable bonds is 5. The van der Waals surface area contributed by atoms with E-state index in [1.807, 2.05) is 13.8 Å². The van der Waals surface area contributed by atoms with Crippen LogP contribution in [0.1, 0.15) is 19.5 Å². The van der Waals surface area contributed by atoms with Crippen LogP contribution in [0.3, 0.4) is 0 Å². The van der Waals surface area contributed by atoms with Crippen molar-refractivity contribution in [2.75, 3.05) is 24.2 Å². The molecular weight excluding hydrogens is 228 g/mol. The monoisotopic (exact) mass is 244 g/mol. The van der Waals surface area contributed by atoms with Crippen LogP contribution in [0.15, 0.2) is 0 Å². The standard InChI is InChI=1S/C10H17ClN4O/c1-4-16-6(2)5-13-9-8(12)7(3)14-10(11)15-9/h6H,4-5,12H2,1-3H3,(H,13,14,15). The fraction of sp³-hybridized carbons (Fsp3) is 0.600. The van der Waals surface area contributed by atoms with Crippen LogP contribution in [0.4, 0.5) is 11.5 Å². The molecule has 3 N–H and O–H groups in total. The summed E-state index contributed by atoms with van der Waals surface area (Å²) in [6, 6.07) is 0. The van der Waals surface area contributed by atoms with E-state index in [4.69, 9.17) is 22.1 Å². The van der Waals surface area contributed by atoms with Crippen LogP contribution in [-0.4, -0.2) is 29.2 Å². The predicted molar refractivity (Wildman–Crippen MR) is 65.8 cm³/mol. The van der Waals surface area contributed by atoms with E-state index in [-0.39, 0.29) is 11.4 Å². The summed E-state index contributed by atoms with van der Waals surface area (Å²) in [5.41, 5.74) is 7.02. The lowest BCUT2D eigenvalue weighted by atomic mass is 10.3. The lowest BCUT2D eigenvalue weighted by Gasteiger charge is -2.14. The Balaban J connectivity index is 2.66. The summed E-state index contributed by atoms with van der Waals surface area (Å²) in [7, 11) is 0. The Morgan fingerprint density at radius 2 is 2.19 bits per heavy atom. The lowest BCUT2D eigenvalue weighted by molar-refractivity contribution is 0.0855. The molecular formula is C10H17ClN4O. The average Bonchev–Trinajstić information content (AvgIpc) is 2.21. The van der Waals surface area contributed by atoms with Crippen LogP contribution in [0.2, 0.25) is 5.28 Å². The zero-order valence-corrected chi connectivity index (χ0v) is 10.5. The number of hydrogen-bond donors (Lipinski definition) is 2. The Morgan fingerprint density at radius 1 is 1.50 bits per heavy atom.